The number of hydrogen-bond acceptors (Lipinski definition) is 4. The molecule has 1 saturated heterocycles. The number of rotatable bonds is 5. The van der Waals surface area contributed by atoms with E-state index in [1.165, 1.54) is 0 Å². The Morgan fingerprint density at radius 1 is 1.34 bits per heavy atom. The van der Waals surface area contributed by atoms with Crippen LogP contribution in [0.5, 0.6) is 5.75 Å². The van der Waals surface area contributed by atoms with E-state index in [9.17, 15) is 9.59 Å². The minimum absolute atomic E-state index is 0.116. The molecular formula is C21H23BrClN3O3. The fourth-order valence-corrected chi connectivity index (χ4v) is 4.08. The van der Waals surface area contributed by atoms with Crippen LogP contribution in [-0.4, -0.2) is 40.9 Å². The van der Waals surface area contributed by atoms with Crippen LogP contribution in [0, 0.1) is 12.8 Å². The van der Waals surface area contributed by atoms with E-state index in [4.69, 9.17) is 16.3 Å². The highest BCUT2D eigenvalue weighted by Crippen LogP contribution is 2.29. The second kappa shape index (κ2) is 9.59. The molecule has 154 valence electrons. The maximum Gasteiger partial charge on any atom is 0.263 e. The maximum atomic E-state index is 12.9. The molecule has 29 heavy (non-hydrogen) atoms. The van der Waals surface area contributed by atoms with Crippen molar-refractivity contribution in [3.8, 4) is 5.75 Å². The first-order chi connectivity index (χ1) is 13.8. The number of ether oxygens (including phenoxy) is 1. The van der Waals surface area contributed by atoms with Crippen molar-refractivity contribution in [2.45, 2.75) is 32.8 Å². The summed E-state index contributed by atoms with van der Waals surface area (Å²) in [6, 6.07) is 10.6. The van der Waals surface area contributed by atoms with Crippen molar-refractivity contribution in [3.05, 3.63) is 51.6 Å². The summed E-state index contributed by atoms with van der Waals surface area (Å²) in [7, 11) is 0. The van der Waals surface area contributed by atoms with Crippen LogP contribution in [-0.2, 0) is 9.59 Å². The summed E-state index contributed by atoms with van der Waals surface area (Å²) in [6.07, 6.45) is 0.828. The number of carbonyl (C=O) groups excluding carboxylic acids is 2. The molecule has 0 aliphatic carbocycles. The Balaban J connectivity index is 1.60. The highest BCUT2D eigenvalue weighted by Gasteiger charge is 2.31. The average molecular weight is 481 g/mol. The number of anilines is 1. The summed E-state index contributed by atoms with van der Waals surface area (Å²) in [4.78, 5) is 31.5. The predicted octanol–water partition coefficient (Wildman–Crippen LogP) is 4.45. The highest BCUT2D eigenvalue weighted by molar-refractivity contribution is 9.10. The third-order valence-corrected chi connectivity index (χ3v) is 5.64. The van der Waals surface area contributed by atoms with Gasteiger partial charge in [0, 0.05) is 23.8 Å². The van der Waals surface area contributed by atoms with Gasteiger partial charge in [-0.15, -0.1) is 0 Å². The van der Waals surface area contributed by atoms with Gasteiger partial charge in [-0.3, -0.25) is 9.59 Å². The van der Waals surface area contributed by atoms with Gasteiger partial charge in [-0.2, -0.15) is 0 Å². The van der Waals surface area contributed by atoms with Crippen molar-refractivity contribution in [2.24, 2.45) is 5.92 Å². The number of benzene rings is 1. The average Bonchev–Trinajstić information content (AvgIpc) is 2.69. The third-order valence-electron chi connectivity index (χ3n) is 4.79. The number of amides is 2. The van der Waals surface area contributed by atoms with Gasteiger partial charge in [-0.25, -0.2) is 4.98 Å². The summed E-state index contributed by atoms with van der Waals surface area (Å²) in [5, 5.41) is 3.44. The first-order valence-electron chi connectivity index (χ1n) is 9.48. The molecule has 1 fully saturated rings. The second-order valence-electron chi connectivity index (χ2n) is 7.11. The molecule has 2 amide bonds. The quantitative estimate of drug-likeness (QED) is 0.686. The Morgan fingerprint density at radius 2 is 2.14 bits per heavy atom. The zero-order valence-electron chi connectivity index (χ0n) is 16.3. The molecule has 1 aromatic carbocycles. The third kappa shape index (κ3) is 5.70. The fraction of sp³-hybridized carbons (Fsp3) is 0.381. The molecule has 1 aliphatic rings. The number of nitrogens with one attached hydrogen (secondary N) is 1. The molecule has 6 nitrogen and oxygen atoms in total. The molecule has 0 spiro atoms. The molecule has 1 aromatic heterocycles. The Hall–Kier alpha value is -2.12. The highest BCUT2D eigenvalue weighted by atomic mass is 79.9. The normalized spacial score (nSPS) is 17.5. The molecule has 0 radical (unpaired) electrons. The summed E-state index contributed by atoms with van der Waals surface area (Å²) in [6.45, 7) is 4.56. The molecule has 2 heterocycles. The fourth-order valence-electron chi connectivity index (χ4n) is 3.30. The lowest BCUT2D eigenvalue weighted by Crippen LogP contribution is -2.48. The van der Waals surface area contributed by atoms with Gasteiger partial charge >= 0.3 is 0 Å². The van der Waals surface area contributed by atoms with Crippen molar-refractivity contribution in [1.82, 2.24) is 9.88 Å². The molecule has 2 unspecified atom stereocenters. The van der Waals surface area contributed by atoms with Crippen molar-refractivity contribution >= 4 is 45.2 Å². The number of hydrogen-bond donors (Lipinski definition) is 1. The number of pyridine rings is 1. The Morgan fingerprint density at radius 3 is 2.86 bits per heavy atom. The van der Waals surface area contributed by atoms with E-state index < -0.39 is 6.10 Å². The minimum atomic E-state index is -0.673. The number of likely N-dealkylation sites (tertiary alicyclic amines) is 1. The number of aromatic nitrogens is 1. The zero-order valence-corrected chi connectivity index (χ0v) is 18.7. The van der Waals surface area contributed by atoms with Crippen LogP contribution < -0.4 is 10.1 Å². The number of aryl methyl sites for hydroxylation is 1. The topological polar surface area (TPSA) is 71.5 Å². The molecule has 2 aromatic rings. The van der Waals surface area contributed by atoms with Gasteiger partial charge in [0.15, 0.2) is 6.10 Å². The predicted molar refractivity (Wildman–Crippen MR) is 116 cm³/mol. The summed E-state index contributed by atoms with van der Waals surface area (Å²) >= 11 is 9.34. The first kappa shape index (κ1) is 21.6. The molecule has 3 rings (SSSR count). The molecular weight excluding hydrogens is 458 g/mol. The van der Waals surface area contributed by atoms with Gasteiger partial charge in [0.2, 0.25) is 5.91 Å². The Labute approximate surface area is 183 Å². The number of halogens is 2. The Bertz CT molecular complexity index is 908. The van der Waals surface area contributed by atoms with Gasteiger partial charge in [0.1, 0.15) is 11.6 Å². The van der Waals surface area contributed by atoms with E-state index in [0.29, 0.717) is 34.2 Å². The standard InChI is InChI=1S/C21H23BrClN3O3/c1-13-5-3-7-19(24-13)25-20(27)15-6-4-10-26(12-15)21(28)14(2)29-18-9-8-16(23)11-17(18)22/h3,5,7-9,11,14-15H,4,6,10,12H2,1-2H3,(H,24,25,27). The zero-order chi connectivity index (χ0) is 21.0. The number of carbonyl (C=O) groups is 2. The lowest BCUT2D eigenvalue weighted by atomic mass is 9.96. The molecule has 1 aliphatic heterocycles. The summed E-state index contributed by atoms with van der Waals surface area (Å²) in [5.74, 6) is 0.548. The van der Waals surface area contributed by atoms with Gasteiger partial charge in [0.05, 0.1) is 10.4 Å². The second-order valence-corrected chi connectivity index (χ2v) is 8.40. The van der Waals surface area contributed by atoms with Gasteiger partial charge < -0.3 is 15.0 Å². The van der Waals surface area contributed by atoms with Crippen LogP contribution in [0.4, 0.5) is 5.82 Å². The van der Waals surface area contributed by atoms with E-state index >= 15 is 0 Å². The van der Waals surface area contributed by atoms with Crippen molar-refractivity contribution in [3.63, 3.8) is 0 Å². The minimum Gasteiger partial charge on any atom is -0.480 e. The number of nitrogens with zero attached hydrogens (tertiary/aromatic N) is 2. The van der Waals surface area contributed by atoms with E-state index in [1.807, 2.05) is 19.1 Å². The van der Waals surface area contributed by atoms with Crippen LogP contribution in [0.3, 0.4) is 0 Å². The maximum absolute atomic E-state index is 12.9. The largest absolute Gasteiger partial charge is 0.480 e. The van der Waals surface area contributed by atoms with Crippen LogP contribution in [0.1, 0.15) is 25.5 Å². The van der Waals surface area contributed by atoms with Crippen LogP contribution in [0.15, 0.2) is 40.9 Å². The SMILES string of the molecule is Cc1cccc(NC(=O)C2CCCN(C(=O)C(C)Oc3ccc(Cl)cc3Br)C2)n1. The molecule has 1 N–H and O–H groups in total. The van der Waals surface area contributed by atoms with Gasteiger partial charge in [-0.1, -0.05) is 17.7 Å². The van der Waals surface area contributed by atoms with E-state index in [1.54, 1.807) is 36.1 Å². The lowest BCUT2D eigenvalue weighted by Gasteiger charge is -2.33. The van der Waals surface area contributed by atoms with Crippen LogP contribution >= 0.6 is 27.5 Å². The molecule has 0 bridgehead atoms. The van der Waals surface area contributed by atoms with E-state index in [0.717, 1.165) is 18.5 Å². The van der Waals surface area contributed by atoms with Crippen molar-refractivity contribution in [1.29, 1.82) is 0 Å². The van der Waals surface area contributed by atoms with Gasteiger partial charge in [0.25, 0.3) is 5.91 Å². The molecule has 2 atom stereocenters. The van der Waals surface area contributed by atoms with Crippen LogP contribution in [0.2, 0.25) is 5.02 Å². The monoisotopic (exact) mass is 479 g/mol. The smallest absolute Gasteiger partial charge is 0.263 e. The number of piperidine rings is 1. The van der Waals surface area contributed by atoms with Crippen molar-refractivity contribution in [2.75, 3.05) is 18.4 Å². The van der Waals surface area contributed by atoms with Gasteiger partial charge in [-0.05, 0) is 73.0 Å². The Kier molecular flexibility index (Phi) is 7.14. The summed E-state index contributed by atoms with van der Waals surface area (Å²) in [5.41, 5.74) is 0.836. The van der Waals surface area contributed by atoms with Crippen LogP contribution in [0.25, 0.3) is 0 Å². The lowest BCUT2D eigenvalue weighted by molar-refractivity contribution is -0.140. The first-order valence-corrected chi connectivity index (χ1v) is 10.7. The van der Waals surface area contributed by atoms with E-state index in [2.05, 4.69) is 26.2 Å². The van der Waals surface area contributed by atoms with Crippen molar-refractivity contribution < 1.29 is 14.3 Å². The molecule has 8 heteroatoms. The summed E-state index contributed by atoms with van der Waals surface area (Å²) < 4.78 is 6.50. The van der Waals surface area contributed by atoms with E-state index in [-0.39, 0.29) is 17.7 Å². The molecule has 0 saturated carbocycles.